The summed E-state index contributed by atoms with van der Waals surface area (Å²) in [5, 5.41) is 6.48. The second-order valence-corrected chi connectivity index (χ2v) is 8.49. The quantitative estimate of drug-likeness (QED) is 0.371. The number of anilines is 1. The summed E-state index contributed by atoms with van der Waals surface area (Å²) < 4.78 is 7.11. The zero-order valence-corrected chi connectivity index (χ0v) is 19.2. The van der Waals surface area contributed by atoms with Gasteiger partial charge in [-0.05, 0) is 61.4 Å². The van der Waals surface area contributed by atoms with Gasteiger partial charge in [0.2, 0.25) is 5.91 Å². The second kappa shape index (κ2) is 10.2. The Bertz CT molecular complexity index is 1260. The van der Waals surface area contributed by atoms with E-state index in [9.17, 15) is 9.59 Å². The third kappa shape index (κ3) is 5.72. The Morgan fingerprint density at radius 1 is 1.09 bits per heavy atom. The molecule has 0 radical (unpaired) electrons. The van der Waals surface area contributed by atoms with Gasteiger partial charge < -0.3 is 15.1 Å². The second-order valence-electron chi connectivity index (χ2n) is 7.55. The molecule has 0 saturated heterocycles. The summed E-state index contributed by atoms with van der Waals surface area (Å²) >= 11 is 1.34. The molecular formula is C25H24N4O3S. The monoisotopic (exact) mass is 460 g/mol. The van der Waals surface area contributed by atoms with Crippen molar-refractivity contribution in [2.75, 3.05) is 11.1 Å². The third-order valence-electron chi connectivity index (χ3n) is 5.00. The van der Waals surface area contributed by atoms with Crippen molar-refractivity contribution in [3.63, 3.8) is 0 Å². The molecule has 4 aromatic rings. The molecule has 0 aliphatic carbocycles. The highest BCUT2D eigenvalue weighted by molar-refractivity contribution is 7.99. The largest absolute Gasteiger partial charge is 0.467 e. The Labute approximate surface area is 196 Å². The molecule has 0 spiro atoms. The molecular weight excluding hydrogens is 436 g/mol. The number of carbonyl (C=O) groups excluding carboxylic acids is 2. The maximum absolute atomic E-state index is 12.6. The van der Waals surface area contributed by atoms with Crippen LogP contribution in [0.4, 0.5) is 5.69 Å². The van der Waals surface area contributed by atoms with Gasteiger partial charge in [-0.15, -0.1) is 0 Å². The maximum atomic E-state index is 12.6. The topological polar surface area (TPSA) is 89.2 Å². The number of nitrogens with zero attached hydrogens (tertiary/aromatic N) is 2. The Balaban J connectivity index is 1.40. The summed E-state index contributed by atoms with van der Waals surface area (Å²) in [5.74, 6) is 0.602. The van der Waals surface area contributed by atoms with Gasteiger partial charge in [0, 0.05) is 29.3 Å². The predicted octanol–water partition coefficient (Wildman–Crippen LogP) is 4.74. The number of furan rings is 1. The van der Waals surface area contributed by atoms with Gasteiger partial charge in [-0.1, -0.05) is 30.0 Å². The highest BCUT2D eigenvalue weighted by Gasteiger charge is 2.13. The molecule has 0 fully saturated rings. The van der Waals surface area contributed by atoms with Gasteiger partial charge in [0.1, 0.15) is 5.76 Å². The van der Waals surface area contributed by atoms with E-state index in [2.05, 4.69) is 15.6 Å². The highest BCUT2D eigenvalue weighted by atomic mass is 32.2. The van der Waals surface area contributed by atoms with Gasteiger partial charge >= 0.3 is 0 Å². The van der Waals surface area contributed by atoms with E-state index in [0.29, 0.717) is 23.0 Å². The Morgan fingerprint density at radius 2 is 1.97 bits per heavy atom. The molecule has 2 aromatic heterocycles. The molecule has 0 saturated carbocycles. The first-order valence-electron chi connectivity index (χ1n) is 10.4. The van der Waals surface area contributed by atoms with E-state index < -0.39 is 0 Å². The van der Waals surface area contributed by atoms with Crippen molar-refractivity contribution in [1.29, 1.82) is 0 Å². The molecule has 0 bridgehead atoms. The van der Waals surface area contributed by atoms with Crippen LogP contribution in [0.25, 0.3) is 5.69 Å². The summed E-state index contributed by atoms with van der Waals surface area (Å²) in [6.07, 6.45) is 5.06. The van der Waals surface area contributed by atoms with Crippen LogP contribution in [0.3, 0.4) is 0 Å². The zero-order chi connectivity index (χ0) is 23.2. The normalized spacial score (nSPS) is 10.7. The van der Waals surface area contributed by atoms with Crippen LogP contribution < -0.4 is 10.6 Å². The SMILES string of the molecule is Cc1ccc(C)c(NC(=O)CSc2nccn2-c2cccc(C(=O)NCc3ccco3)c2)c1. The van der Waals surface area contributed by atoms with Crippen LogP contribution in [0.2, 0.25) is 0 Å². The Hall–Kier alpha value is -3.78. The number of imidazole rings is 1. The highest BCUT2D eigenvalue weighted by Crippen LogP contribution is 2.22. The summed E-state index contributed by atoms with van der Waals surface area (Å²) in [7, 11) is 0. The minimum absolute atomic E-state index is 0.102. The van der Waals surface area contributed by atoms with Crippen molar-refractivity contribution in [2.24, 2.45) is 0 Å². The number of benzene rings is 2. The summed E-state index contributed by atoms with van der Waals surface area (Å²) in [6, 6.07) is 16.8. The maximum Gasteiger partial charge on any atom is 0.251 e. The van der Waals surface area contributed by atoms with Crippen molar-refractivity contribution in [1.82, 2.24) is 14.9 Å². The minimum Gasteiger partial charge on any atom is -0.467 e. The summed E-state index contributed by atoms with van der Waals surface area (Å²) in [4.78, 5) is 29.4. The van der Waals surface area contributed by atoms with Gasteiger partial charge in [0.15, 0.2) is 5.16 Å². The van der Waals surface area contributed by atoms with Gasteiger partial charge in [0.05, 0.1) is 18.6 Å². The van der Waals surface area contributed by atoms with E-state index in [1.807, 2.05) is 61.0 Å². The fourth-order valence-electron chi connectivity index (χ4n) is 3.26. The number of carbonyl (C=O) groups is 2. The van der Waals surface area contributed by atoms with Gasteiger partial charge in [-0.25, -0.2) is 4.98 Å². The smallest absolute Gasteiger partial charge is 0.251 e. The molecule has 0 atom stereocenters. The molecule has 168 valence electrons. The van der Waals surface area contributed by atoms with Crippen LogP contribution in [0.15, 0.2) is 82.8 Å². The lowest BCUT2D eigenvalue weighted by Gasteiger charge is -2.11. The number of amides is 2. The van der Waals surface area contributed by atoms with Gasteiger partial charge in [-0.2, -0.15) is 0 Å². The van der Waals surface area contributed by atoms with Crippen molar-refractivity contribution in [3.8, 4) is 5.69 Å². The van der Waals surface area contributed by atoms with E-state index in [4.69, 9.17) is 4.42 Å². The van der Waals surface area contributed by atoms with Crippen LogP contribution in [-0.4, -0.2) is 27.1 Å². The molecule has 0 aliphatic rings. The number of aryl methyl sites for hydroxylation is 2. The fraction of sp³-hybridized carbons (Fsp3) is 0.160. The number of hydrogen-bond acceptors (Lipinski definition) is 5. The van der Waals surface area contributed by atoms with Crippen molar-refractivity contribution < 1.29 is 14.0 Å². The first-order chi connectivity index (χ1) is 16.0. The number of hydrogen-bond donors (Lipinski definition) is 2. The first kappa shape index (κ1) is 22.4. The van der Waals surface area contributed by atoms with Gasteiger partial charge in [-0.3, -0.25) is 14.2 Å². The Kier molecular flexibility index (Phi) is 6.95. The van der Waals surface area contributed by atoms with E-state index >= 15 is 0 Å². The number of aromatic nitrogens is 2. The van der Waals surface area contributed by atoms with Crippen LogP contribution >= 0.6 is 11.8 Å². The van der Waals surface area contributed by atoms with Crippen molar-refractivity contribution in [2.45, 2.75) is 25.5 Å². The first-order valence-corrected chi connectivity index (χ1v) is 11.4. The van der Waals surface area contributed by atoms with E-state index in [0.717, 1.165) is 22.5 Å². The molecule has 4 rings (SSSR count). The molecule has 8 heteroatoms. The van der Waals surface area contributed by atoms with Crippen molar-refractivity contribution >= 4 is 29.3 Å². The molecule has 7 nitrogen and oxygen atoms in total. The average molecular weight is 461 g/mol. The molecule has 2 amide bonds. The van der Waals surface area contributed by atoms with Crippen LogP contribution in [0, 0.1) is 13.8 Å². The molecule has 2 heterocycles. The lowest BCUT2D eigenvalue weighted by molar-refractivity contribution is -0.113. The molecule has 2 aromatic carbocycles. The van der Waals surface area contributed by atoms with Crippen LogP contribution in [-0.2, 0) is 11.3 Å². The average Bonchev–Trinajstić information content (AvgIpc) is 3.51. The standard InChI is InChI=1S/C25H24N4O3S/c1-17-8-9-18(2)22(13-17)28-23(30)16-33-25-26-10-11-29(25)20-6-3-5-19(14-20)24(31)27-15-21-7-4-12-32-21/h3-14H,15-16H2,1-2H3,(H,27,31)(H,28,30). The van der Waals surface area contributed by atoms with E-state index in [1.54, 1.807) is 30.7 Å². The minimum atomic E-state index is -0.199. The molecule has 2 N–H and O–H groups in total. The summed E-state index contributed by atoms with van der Waals surface area (Å²) in [6.45, 7) is 4.27. The van der Waals surface area contributed by atoms with E-state index in [1.165, 1.54) is 11.8 Å². The van der Waals surface area contributed by atoms with E-state index in [-0.39, 0.29) is 17.6 Å². The molecule has 33 heavy (non-hydrogen) atoms. The third-order valence-corrected chi connectivity index (χ3v) is 5.96. The summed E-state index contributed by atoms with van der Waals surface area (Å²) in [5.41, 5.74) is 4.24. The molecule has 0 unspecified atom stereocenters. The number of rotatable bonds is 8. The Morgan fingerprint density at radius 3 is 2.79 bits per heavy atom. The van der Waals surface area contributed by atoms with Crippen LogP contribution in [0.1, 0.15) is 27.2 Å². The fourth-order valence-corrected chi connectivity index (χ4v) is 4.03. The zero-order valence-electron chi connectivity index (χ0n) is 18.4. The van der Waals surface area contributed by atoms with Crippen molar-refractivity contribution in [3.05, 3.63) is 95.7 Å². The van der Waals surface area contributed by atoms with Gasteiger partial charge in [0.25, 0.3) is 5.91 Å². The predicted molar refractivity (Wildman–Crippen MR) is 129 cm³/mol. The van der Waals surface area contributed by atoms with Crippen LogP contribution in [0.5, 0.6) is 0 Å². The molecule has 0 aliphatic heterocycles. The lowest BCUT2D eigenvalue weighted by Crippen LogP contribution is -2.22. The lowest BCUT2D eigenvalue weighted by atomic mass is 10.1. The number of thioether (sulfide) groups is 1. The number of nitrogens with one attached hydrogen (secondary N) is 2.